The Morgan fingerprint density at radius 2 is 0.864 bits per heavy atom. The van der Waals surface area contributed by atoms with E-state index in [9.17, 15) is 39.5 Å². The van der Waals surface area contributed by atoms with Gasteiger partial charge >= 0.3 is 8.07 Å². The molecule has 0 heterocycles. The normalized spacial score (nSPS) is 11.0. The minimum absolute atomic E-state index is 0.611. The largest absolute Gasteiger partial charge is 0.302 e. The second-order valence-electron chi connectivity index (χ2n) is 3.84. The van der Waals surface area contributed by atoms with Crippen molar-refractivity contribution in [1.29, 1.82) is 0 Å². The summed E-state index contributed by atoms with van der Waals surface area (Å²) in [6.45, 7) is 0. The minimum atomic E-state index is -6.28. The Labute approximate surface area is 118 Å². The summed E-state index contributed by atoms with van der Waals surface area (Å²) < 4.78 is 116. The third-order valence-electron chi connectivity index (χ3n) is 2.69. The van der Waals surface area contributed by atoms with Gasteiger partial charge < -0.3 is 0 Å². The summed E-state index contributed by atoms with van der Waals surface area (Å²) in [5.41, 5.74) is -8.89. The van der Waals surface area contributed by atoms with Gasteiger partial charge in [-0.3, -0.25) is 0 Å². The van der Waals surface area contributed by atoms with Crippen LogP contribution < -0.4 is 5.19 Å². The van der Waals surface area contributed by atoms with Crippen molar-refractivity contribution in [1.82, 2.24) is 0 Å². The van der Waals surface area contributed by atoms with Crippen molar-refractivity contribution in [3.8, 4) is 0 Å². The lowest BCUT2D eigenvalue weighted by Gasteiger charge is -2.25. The Morgan fingerprint density at radius 1 is 0.545 bits per heavy atom. The van der Waals surface area contributed by atoms with Gasteiger partial charge in [0.1, 0.15) is 0 Å². The van der Waals surface area contributed by atoms with Gasteiger partial charge in [0, 0.05) is 0 Å². The van der Waals surface area contributed by atoms with E-state index in [4.69, 9.17) is 0 Å². The first-order valence-corrected chi connectivity index (χ1v) is 7.36. The predicted molar refractivity (Wildman–Crippen MR) is 62.9 cm³/mol. The molecular weight excluding hydrogens is 343 g/mol. The molecule has 1 aromatic rings. The van der Waals surface area contributed by atoms with Gasteiger partial charge in [0.15, 0.2) is 16.4 Å². The van der Waals surface area contributed by atoms with Crippen LogP contribution in [0.1, 0.15) is 0 Å². The van der Waals surface area contributed by atoms with Crippen LogP contribution in [-0.2, 0) is 0 Å². The van der Waals surface area contributed by atoms with Gasteiger partial charge in [-0.05, 0) is 5.19 Å². The lowest BCUT2D eigenvalue weighted by Crippen LogP contribution is -2.52. The molecule has 0 radical (unpaired) electrons. The molecule has 0 saturated heterocycles. The molecule has 0 bridgehead atoms. The van der Waals surface area contributed by atoms with Crippen LogP contribution in [0, 0.1) is 0 Å². The summed E-state index contributed by atoms with van der Waals surface area (Å²) in [4.78, 5) is 0. The molecule has 1 aromatic carbocycles. The molecule has 0 fully saturated rings. The molecule has 0 saturated carbocycles. The van der Waals surface area contributed by atoms with Crippen LogP contribution in [0.15, 0.2) is 64.9 Å². The van der Waals surface area contributed by atoms with Gasteiger partial charge in [-0.15, -0.1) is 0 Å². The highest BCUT2D eigenvalue weighted by Crippen LogP contribution is 2.39. The van der Waals surface area contributed by atoms with Gasteiger partial charge in [0.05, 0.1) is 0 Å². The summed E-state index contributed by atoms with van der Waals surface area (Å²) in [6, 6.07) is 4.32. The van der Waals surface area contributed by atoms with E-state index in [-0.39, 0.29) is 0 Å². The van der Waals surface area contributed by atoms with Crippen molar-refractivity contribution in [3.05, 3.63) is 64.9 Å². The molecule has 0 spiro atoms. The van der Waals surface area contributed by atoms with Gasteiger partial charge in [-0.1, -0.05) is 30.3 Å². The van der Waals surface area contributed by atoms with E-state index >= 15 is 0 Å². The molecule has 0 unspecified atom stereocenters. The molecule has 0 atom stereocenters. The smallest absolute Gasteiger partial charge is 0.210 e. The van der Waals surface area contributed by atoms with Gasteiger partial charge in [0.25, 0.3) is 18.2 Å². The second-order valence-corrected chi connectivity index (χ2v) is 7.23. The quantitative estimate of drug-likeness (QED) is 0.519. The first kappa shape index (κ1) is 18.1. The molecule has 10 heteroatoms. The highest BCUT2D eigenvalue weighted by molar-refractivity contribution is 7.07. The first-order valence-electron chi connectivity index (χ1n) is 5.36. The maximum Gasteiger partial charge on any atom is 0.302 e. The standard InChI is InChI=1S/C12H5F9Si/c13-7(14)10(19)22(11(20)8(15)16,12(21)9(17)18)6-4-2-1-3-5-6/h1-5H. The highest BCUT2D eigenvalue weighted by Gasteiger charge is 2.57. The molecule has 0 aromatic heterocycles. The summed E-state index contributed by atoms with van der Waals surface area (Å²) in [5, 5.41) is -1.06. The molecule has 0 nitrogen and oxygen atoms in total. The van der Waals surface area contributed by atoms with E-state index in [1.54, 1.807) is 0 Å². The zero-order chi connectivity index (χ0) is 17.1. The average molecular weight is 348 g/mol. The SMILES string of the molecule is FC(F)=C(F)[Si](C(F)=C(F)F)(C(F)=C(F)F)c1ccccc1. The van der Waals surface area contributed by atoms with Gasteiger partial charge in [0.2, 0.25) is 0 Å². The van der Waals surface area contributed by atoms with Crippen LogP contribution >= 0.6 is 0 Å². The molecule has 1 rings (SSSR count). The van der Waals surface area contributed by atoms with E-state index in [0.717, 1.165) is 12.1 Å². The van der Waals surface area contributed by atoms with Crippen molar-refractivity contribution in [3.63, 3.8) is 0 Å². The summed E-state index contributed by atoms with van der Waals surface area (Å²) in [6.07, 6.45) is -10.1. The molecule has 0 amide bonds. The fourth-order valence-electron chi connectivity index (χ4n) is 1.78. The van der Waals surface area contributed by atoms with Crippen molar-refractivity contribution < 1.29 is 39.5 Å². The topological polar surface area (TPSA) is 0 Å². The molecule has 0 aliphatic heterocycles. The van der Waals surface area contributed by atoms with Crippen LogP contribution in [0.25, 0.3) is 0 Å². The molecule has 120 valence electrons. The third kappa shape index (κ3) is 2.96. The maximum absolute atomic E-state index is 13.7. The fraction of sp³-hybridized carbons (Fsp3) is 0. The summed E-state index contributed by atoms with van der Waals surface area (Å²) in [5.74, 6) is 0. The lowest BCUT2D eigenvalue weighted by molar-refractivity contribution is 0.374. The Bertz CT molecular complexity index is 576. The van der Waals surface area contributed by atoms with Crippen LogP contribution in [0.3, 0.4) is 0 Å². The predicted octanol–water partition coefficient (Wildman–Crippen LogP) is 5.19. The van der Waals surface area contributed by atoms with E-state index in [2.05, 4.69) is 0 Å². The van der Waals surface area contributed by atoms with Crippen molar-refractivity contribution in [2.45, 2.75) is 0 Å². The number of benzene rings is 1. The van der Waals surface area contributed by atoms with Crippen LogP contribution in [0.2, 0.25) is 0 Å². The van der Waals surface area contributed by atoms with Crippen LogP contribution in [0.4, 0.5) is 39.5 Å². The lowest BCUT2D eigenvalue weighted by atomic mass is 10.4. The Hall–Kier alpha value is -1.97. The van der Waals surface area contributed by atoms with Crippen molar-refractivity contribution >= 4 is 13.3 Å². The Kier molecular flexibility index (Phi) is 5.63. The minimum Gasteiger partial charge on any atom is -0.210 e. The molecular formula is C12H5F9Si. The fourth-order valence-corrected chi connectivity index (χ4v) is 4.66. The maximum atomic E-state index is 13.7. The number of halogens is 9. The number of hydrogen-bond acceptors (Lipinski definition) is 0. The molecule has 22 heavy (non-hydrogen) atoms. The monoisotopic (exact) mass is 348 g/mol. The van der Waals surface area contributed by atoms with Gasteiger partial charge in [-0.25, -0.2) is 13.2 Å². The van der Waals surface area contributed by atoms with E-state index in [1.165, 1.54) is 6.07 Å². The molecule has 0 aliphatic carbocycles. The van der Waals surface area contributed by atoms with Crippen LogP contribution in [0.5, 0.6) is 0 Å². The van der Waals surface area contributed by atoms with E-state index in [1.807, 2.05) is 0 Å². The Morgan fingerprint density at radius 3 is 1.14 bits per heavy atom. The molecule has 0 aliphatic rings. The van der Waals surface area contributed by atoms with Crippen molar-refractivity contribution in [2.24, 2.45) is 0 Å². The highest BCUT2D eigenvalue weighted by atomic mass is 28.3. The second kappa shape index (κ2) is 6.86. The zero-order valence-corrected chi connectivity index (χ0v) is 11.3. The molecule has 0 N–H and O–H groups in total. The first-order chi connectivity index (χ1) is 10.2. The van der Waals surface area contributed by atoms with Crippen LogP contribution in [-0.4, -0.2) is 8.07 Å². The zero-order valence-electron chi connectivity index (χ0n) is 10.3. The average Bonchev–Trinajstić information content (AvgIpc) is 2.48. The van der Waals surface area contributed by atoms with E-state index in [0.29, 0.717) is 12.1 Å². The Balaban J connectivity index is 4.04. The van der Waals surface area contributed by atoms with Gasteiger partial charge in [-0.2, -0.15) is 26.3 Å². The summed E-state index contributed by atoms with van der Waals surface area (Å²) in [7, 11) is -6.28. The van der Waals surface area contributed by atoms with Crippen molar-refractivity contribution in [2.75, 3.05) is 0 Å². The number of rotatable bonds is 4. The number of hydrogen-bond donors (Lipinski definition) is 0. The summed E-state index contributed by atoms with van der Waals surface area (Å²) >= 11 is 0. The third-order valence-corrected chi connectivity index (χ3v) is 6.43. The van der Waals surface area contributed by atoms with E-state index < -0.39 is 47.9 Å².